The minimum Gasteiger partial charge on any atom is -0.380 e. The first-order valence-corrected chi connectivity index (χ1v) is 5.65. The van der Waals surface area contributed by atoms with Crippen molar-refractivity contribution in [2.24, 2.45) is 5.41 Å². The molecule has 0 aromatic rings. The van der Waals surface area contributed by atoms with Crippen LogP contribution in [-0.2, 0) is 9.53 Å². The van der Waals surface area contributed by atoms with Gasteiger partial charge in [0.1, 0.15) is 0 Å². The minimum atomic E-state index is -0.346. The summed E-state index contributed by atoms with van der Waals surface area (Å²) in [6.45, 7) is 7.32. The lowest BCUT2D eigenvalue weighted by atomic mass is 9.88. The summed E-state index contributed by atoms with van der Waals surface area (Å²) in [5.41, 5.74) is -0.189. The van der Waals surface area contributed by atoms with Crippen LogP contribution in [0.2, 0.25) is 0 Å². The summed E-state index contributed by atoms with van der Waals surface area (Å²) in [5, 5.41) is 6.29. The highest BCUT2D eigenvalue weighted by molar-refractivity contribution is 5.86. The van der Waals surface area contributed by atoms with E-state index in [1.54, 1.807) is 0 Å². The van der Waals surface area contributed by atoms with E-state index in [1.807, 2.05) is 6.92 Å². The Balaban J connectivity index is 1.81. The molecule has 86 valence electrons. The van der Waals surface area contributed by atoms with E-state index in [9.17, 15) is 4.79 Å². The van der Waals surface area contributed by atoms with Gasteiger partial charge in [0, 0.05) is 12.0 Å². The first kappa shape index (κ1) is 10.9. The van der Waals surface area contributed by atoms with Gasteiger partial charge in [-0.3, -0.25) is 4.79 Å². The number of carbonyl (C=O) groups is 1. The van der Waals surface area contributed by atoms with Crippen LogP contribution in [0.25, 0.3) is 0 Å². The minimum absolute atomic E-state index is 0.133. The molecule has 0 aliphatic carbocycles. The van der Waals surface area contributed by atoms with Crippen LogP contribution in [-0.4, -0.2) is 37.7 Å². The second-order valence-corrected chi connectivity index (χ2v) is 5.35. The molecule has 0 saturated carbocycles. The molecule has 2 heterocycles. The van der Waals surface area contributed by atoms with E-state index in [4.69, 9.17) is 4.74 Å². The lowest BCUT2D eigenvalue weighted by Crippen LogP contribution is -2.55. The highest BCUT2D eigenvalue weighted by Gasteiger charge is 2.38. The SMILES string of the molecule is CC1(CNC(=O)C2(C)CCCN2)COC1. The molecule has 0 aromatic carbocycles. The standard InChI is InChI=1S/C11H20N2O2/c1-10(7-15-8-10)6-12-9(14)11(2)4-3-5-13-11/h13H,3-8H2,1-2H3,(H,12,14). The topological polar surface area (TPSA) is 50.4 Å². The van der Waals surface area contributed by atoms with Gasteiger partial charge in [-0.05, 0) is 26.3 Å². The Kier molecular flexibility index (Phi) is 2.73. The highest BCUT2D eigenvalue weighted by atomic mass is 16.5. The van der Waals surface area contributed by atoms with Crippen molar-refractivity contribution < 1.29 is 9.53 Å². The second-order valence-electron chi connectivity index (χ2n) is 5.35. The van der Waals surface area contributed by atoms with Gasteiger partial charge in [0.15, 0.2) is 0 Å². The maximum Gasteiger partial charge on any atom is 0.240 e. The molecule has 1 atom stereocenters. The molecule has 15 heavy (non-hydrogen) atoms. The van der Waals surface area contributed by atoms with Gasteiger partial charge in [-0.15, -0.1) is 0 Å². The van der Waals surface area contributed by atoms with Crippen molar-refractivity contribution in [1.82, 2.24) is 10.6 Å². The lowest BCUT2D eigenvalue weighted by Gasteiger charge is -2.38. The van der Waals surface area contributed by atoms with Crippen molar-refractivity contribution in [3.63, 3.8) is 0 Å². The van der Waals surface area contributed by atoms with Crippen molar-refractivity contribution in [1.29, 1.82) is 0 Å². The lowest BCUT2D eigenvalue weighted by molar-refractivity contribution is -0.131. The van der Waals surface area contributed by atoms with Crippen LogP contribution >= 0.6 is 0 Å². The number of carbonyl (C=O) groups excluding carboxylic acids is 1. The first-order valence-electron chi connectivity index (χ1n) is 5.65. The van der Waals surface area contributed by atoms with Gasteiger partial charge in [0.05, 0.1) is 18.8 Å². The molecule has 4 heteroatoms. The van der Waals surface area contributed by atoms with Crippen LogP contribution in [0.3, 0.4) is 0 Å². The Morgan fingerprint density at radius 2 is 2.20 bits per heavy atom. The van der Waals surface area contributed by atoms with Crippen molar-refractivity contribution in [3.8, 4) is 0 Å². The van der Waals surface area contributed by atoms with Crippen LogP contribution in [0.15, 0.2) is 0 Å². The molecule has 2 aliphatic heterocycles. The van der Waals surface area contributed by atoms with Gasteiger partial charge in [-0.2, -0.15) is 0 Å². The summed E-state index contributed by atoms with van der Waals surface area (Å²) in [7, 11) is 0. The van der Waals surface area contributed by atoms with E-state index < -0.39 is 0 Å². The molecule has 2 N–H and O–H groups in total. The summed E-state index contributed by atoms with van der Waals surface area (Å²) in [6, 6.07) is 0. The number of hydrogen-bond donors (Lipinski definition) is 2. The largest absolute Gasteiger partial charge is 0.380 e. The Hall–Kier alpha value is -0.610. The normalized spacial score (nSPS) is 33.5. The van der Waals surface area contributed by atoms with E-state index in [1.165, 1.54) is 0 Å². The Morgan fingerprint density at radius 1 is 1.47 bits per heavy atom. The molecule has 4 nitrogen and oxygen atoms in total. The van der Waals surface area contributed by atoms with Gasteiger partial charge in [0.2, 0.25) is 5.91 Å². The fraction of sp³-hybridized carbons (Fsp3) is 0.909. The number of nitrogens with one attached hydrogen (secondary N) is 2. The van der Waals surface area contributed by atoms with Crippen LogP contribution in [0.4, 0.5) is 0 Å². The van der Waals surface area contributed by atoms with Crippen LogP contribution in [0.1, 0.15) is 26.7 Å². The maximum atomic E-state index is 11.9. The zero-order valence-electron chi connectivity index (χ0n) is 9.56. The van der Waals surface area contributed by atoms with Crippen molar-refractivity contribution in [2.75, 3.05) is 26.3 Å². The average Bonchev–Trinajstić information content (AvgIpc) is 2.60. The fourth-order valence-corrected chi connectivity index (χ4v) is 2.13. The summed E-state index contributed by atoms with van der Waals surface area (Å²) >= 11 is 0. The quantitative estimate of drug-likeness (QED) is 0.706. The third-order valence-corrected chi connectivity index (χ3v) is 3.45. The molecule has 2 aliphatic rings. The molecule has 2 saturated heterocycles. The first-order chi connectivity index (χ1) is 7.04. The van der Waals surface area contributed by atoms with E-state index in [-0.39, 0.29) is 16.9 Å². The van der Waals surface area contributed by atoms with E-state index in [0.717, 1.165) is 39.1 Å². The van der Waals surface area contributed by atoms with Gasteiger partial charge in [-0.25, -0.2) is 0 Å². The highest BCUT2D eigenvalue weighted by Crippen LogP contribution is 2.26. The van der Waals surface area contributed by atoms with Crippen LogP contribution in [0.5, 0.6) is 0 Å². The summed E-state index contributed by atoms with van der Waals surface area (Å²) in [6.07, 6.45) is 2.02. The van der Waals surface area contributed by atoms with Crippen LogP contribution in [0, 0.1) is 5.41 Å². The molecular weight excluding hydrogens is 192 g/mol. The Bertz CT molecular complexity index is 255. The zero-order valence-corrected chi connectivity index (χ0v) is 9.56. The number of amides is 1. The van der Waals surface area contributed by atoms with Crippen molar-refractivity contribution in [3.05, 3.63) is 0 Å². The molecule has 0 radical (unpaired) electrons. The van der Waals surface area contributed by atoms with Gasteiger partial charge >= 0.3 is 0 Å². The smallest absolute Gasteiger partial charge is 0.240 e. The maximum absolute atomic E-state index is 11.9. The van der Waals surface area contributed by atoms with Gasteiger partial charge in [-0.1, -0.05) is 6.92 Å². The summed E-state index contributed by atoms with van der Waals surface area (Å²) in [4.78, 5) is 11.9. The molecule has 0 bridgehead atoms. The molecule has 2 fully saturated rings. The molecular formula is C11H20N2O2. The molecule has 2 rings (SSSR count). The van der Waals surface area contributed by atoms with E-state index in [2.05, 4.69) is 17.6 Å². The molecule has 1 amide bonds. The van der Waals surface area contributed by atoms with Crippen LogP contribution < -0.4 is 10.6 Å². The summed E-state index contributed by atoms with van der Waals surface area (Å²) < 4.78 is 5.15. The number of ether oxygens (including phenoxy) is 1. The van der Waals surface area contributed by atoms with Crippen molar-refractivity contribution >= 4 is 5.91 Å². The monoisotopic (exact) mass is 212 g/mol. The van der Waals surface area contributed by atoms with Crippen molar-refractivity contribution in [2.45, 2.75) is 32.2 Å². The molecule has 1 unspecified atom stereocenters. The second kappa shape index (κ2) is 3.76. The Labute approximate surface area is 90.8 Å². The molecule has 0 spiro atoms. The molecule has 0 aromatic heterocycles. The van der Waals surface area contributed by atoms with Gasteiger partial charge < -0.3 is 15.4 Å². The van der Waals surface area contributed by atoms with Gasteiger partial charge in [0.25, 0.3) is 0 Å². The zero-order chi connectivity index (χ0) is 10.9. The predicted molar refractivity (Wildman–Crippen MR) is 57.6 cm³/mol. The third kappa shape index (κ3) is 2.16. The van der Waals surface area contributed by atoms with E-state index in [0.29, 0.717) is 0 Å². The predicted octanol–water partition coefficient (Wildman–Crippen LogP) is 0.281. The number of hydrogen-bond acceptors (Lipinski definition) is 3. The average molecular weight is 212 g/mol. The summed E-state index contributed by atoms with van der Waals surface area (Å²) in [5.74, 6) is 0.133. The Morgan fingerprint density at radius 3 is 2.67 bits per heavy atom. The fourth-order valence-electron chi connectivity index (χ4n) is 2.13. The number of rotatable bonds is 3. The van der Waals surface area contributed by atoms with E-state index >= 15 is 0 Å². The third-order valence-electron chi connectivity index (χ3n) is 3.45.